The van der Waals surface area contributed by atoms with Crippen molar-refractivity contribution < 1.29 is 0 Å². The fraction of sp³-hybridized carbons (Fsp3) is 0. The molecule has 0 unspecified atom stereocenters. The highest BCUT2D eigenvalue weighted by Gasteiger charge is 1.99. The third-order valence-electron chi connectivity index (χ3n) is 1.48. The highest BCUT2D eigenvalue weighted by Crippen LogP contribution is 1.95. The molecule has 1 aromatic rings. The molecular formula is C7H7N3. The maximum absolute atomic E-state index is 3.98. The molecule has 1 heterocycles. The quantitative estimate of drug-likeness (QED) is 0.503. The van der Waals surface area contributed by atoms with Crippen LogP contribution in [-0.4, -0.2) is 0 Å². The zero-order chi connectivity index (χ0) is 6.97. The minimum Gasteiger partial charge on any atom is -0.283 e. The summed E-state index contributed by atoms with van der Waals surface area (Å²) in [6, 6.07) is 5.82. The second-order valence-corrected chi connectivity index (χ2v) is 2.16. The molecule has 1 aliphatic rings. The van der Waals surface area contributed by atoms with Gasteiger partial charge in [-0.3, -0.25) is 5.43 Å². The third-order valence-corrected chi connectivity index (χ3v) is 1.48. The Labute approximate surface area is 58.0 Å². The van der Waals surface area contributed by atoms with Crippen LogP contribution in [0.1, 0.15) is 0 Å². The summed E-state index contributed by atoms with van der Waals surface area (Å²) in [7, 11) is 0. The van der Waals surface area contributed by atoms with E-state index in [9.17, 15) is 0 Å². The van der Waals surface area contributed by atoms with Gasteiger partial charge in [-0.15, -0.1) is 0 Å². The van der Waals surface area contributed by atoms with E-state index >= 15 is 0 Å². The maximum atomic E-state index is 3.98. The first kappa shape index (κ1) is 5.29. The summed E-state index contributed by atoms with van der Waals surface area (Å²) >= 11 is 0. The minimum absolute atomic E-state index is 0.905. The van der Waals surface area contributed by atoms with Crippen LogP contribution >= 0.6 is 0 Å². The fourth-order valence-electron chi connectivity index (χ4n) is 0.968. The Morgan fingerprint density at radius 2 is 2.30 bits per heavy atom. The molecule has 0 spiro atoms. The molecule has 0 fully saturated rings. The first-order valence-corrected chi connectivity index (χ1v) is 3.04. The van der Waals surface area contributed by atoms with Gasteiger partial charge in [0.2, 0.25) is 0 Å². The number of hydrogen-bond donors (Lipinski definition) is 2. The summed E-state index contributed by atoms with van der Waals surface area (Å²) in [5, 5.41) is 5.82. The van der Waals surface area contributed by atoms with Gasteiger partial charge in [-0.05, 0) is 11.3 Å². The van der Waals surface area contributed by atoms with Crippen LogP contribution in [0.15, 0.2) is 23.3 Å². The Morgan fingerprint density at radius 3 is 3.10 bits per heavy atom. The number of anilines is 1. The van der Waals surface area contributed by atoms with Gasteiger partial charge in [-0.2, -0.15) is 5.10 Å². The first-order chi connectivity index (χ1) is 4.88. The Hall–Kier alpha value is -1.51. The van der Waals surface area contributed by atoms with Gasteiger partial charge >= 0.3 is 0 Å². The maximum Gasteiger partial charge on any atom is 0.116 e. The molecule has 3 nitrogen and oxygen atoms in total. The van der Waals surface area contributed by atoms with Crippen molar-refractivity contribution in [2.75, 3.05) is 5.43 Å². The van der Waals surface area contributed by atoms with Crippen molar-refractivity contribution in [3.63, 3.8) is 0 Å². The van der Waals surface area contributed by atoms with Gasteiger partial charge in [0.15, 0.2) is 0 Å². The topological polar surface area (TPSA) is 36.4 Å². The Balaban J connectivity index is 2.91. The van der Waals surface area contributed by atoms with E-state index in [0.29, 0.717) is 0 Å². The lowest BCUT2D eigenvalue weighted by atomic mass is 10.3. The number of para-hydroxylation sites is 1. The molecule has 0 aromatic heterocycles. The van der Waals surface area contributed by atoms with E-state index in [1.807, 2.05) is 18.2 Å². The molecule has 2 rings (SSSR count). The van der Waals surface area contributed by atoms with Crippen molar-refractivity contribution in [1.82, 2.24) is 5.53 Å². The first-order valence-electron chi connectivity index (χ1n) is 3.04. The van der Waals surface area contributed by atoms with E-state index in [-0.39, 0.29) is 0 Å². The highest BCUT2D eigenvalue weighted by molar-refractivity contribution is 5.43. The summed E-state index contributed by atoms with van der Waals surface area (Å²) in [6.07, 6.45) is 0. The summed E-state index contributed by atoms with van der Waals surface area (Å²) in [5.74, 6) is 0. The van der Waals surface area contributed by atoms with E-state index in [0.717, 1.165) is 16.3 Å². The van der Waals surface area contributed by atoms with Crippen LogP contribution in [0, 0.1) is 0 Å². The molecule has 1 aromatic carbocycles. The van der Waals surface area contributed by atoms with Gasteiger partial charge in [0.05, 0.1) is 5.69 Å². The van der Waals surface area contributed by atoms with Gasteiger partial charge in [0.25, 0.3) is 0 Å². The number of nitrogens with one attached hydrogen (secondary N) is 2. The van der Waals surface area contributed by atoms with E-state index in [4.69, 9.17) is 0 Å². The highest BCUT2D eigenvalue weighted by atomic mass is 15.6. The van der Waals surface area contributed by atoms with E-state index in [2.05, 4.69) is 22.6 Å². The number of fused-ring (bicyclic) bond motifs is 1. The lowest BCUT2D eigenvalue weighted by Gasteiger charge is -1.92. The van der Waals surface area contributed by atoms with E-state index < -0.39 is 0 Å². The van der Waals surface area contributed by atoms with Gasteiger partial charge in [-0.1, -0.05) is 18.7 Å². The van der Waals surface area contributed by atoms with Crippen molar-refractivity contribution in [3.05, 3.63) is 28.8 Å². The van der Waals surface area contributed by atoms with Crippen LogP contribution in [-0.2, 0) is 0 Å². The van der Waals surface area contributed by atoms with Gasteiger partial charge in [0.1, 0.15) is 5.36 Å². The lowest BCUT2D eigenvalue weighted by molar-refractivity contribution is 0.888. The predicted molar refractivity (Wildman–Crippen MR) is 39.5 cm³/mol. The molecule has 1 aliphatic heterocycles. The molecule has 0 saturated heterocycles. The minimum atomic E-state index is 0.905. The predicted octanol–water partition coefficient (Wildman–Crippen LogP) is -0.438. The number of rotatable bonds is 0. The lowest BCUT2D eigenvalue weighted by Crippen LogP contribution is -2.21. The van der Waals surface area contributed by atoms with E-state index in [1.54, 1.807) is 0 Å². The molecule has 0 bridgehead atoms. The van der Waals surface area contributed by atoms with Crippen LogP contribution in [0.2, 0.25) is 0 Å². The molecule has 0 amide bonds. The summed E-state index contributed by atoms with van der Waals surface area (Å²) in [4.78, 5) is 0. The van der Waals surface area contributed by atoms with Crippen LogP contribution in [0.4, 0.5) is 5.69 Å². The SMILES string of the molecule is C=c1cccc2c1=NNN2. The number of hydrazine groups is 1. The Kier molecular flexibility index (Phi) is 0.917. The summed E-state index contributed by atoms with van der Waals surface area (Å²) in [6.45, 7) is 3.82. The largest absolute Gasteiger partial charge is 0.283 e. The van der Waals surface area contributed by atoms with Crippen molar-refractivity contribution in [3.8, 4) is 0 Å². The number of hydrogen-bond acceptors (Lipinski definition) is 3. The molecule has 2 N–H and O–H groups in total. The molecule has 10 heavy (non-hydrogen) atoms. The van der Waals surface area contributed by atoms with Crippen LogP contribution in [0.3, 0.4) is 0 Å². The Morgan fingerprint density at radius 1 is 1.40 bits per heavy atom. The molecule has 0 aliphatic carbocycles. The van der Waals surface area contributed by atoms with Gasteiger partial charge < -0.3 is 0 Å². The van der Waals surface area contributed by atoms with Gasteiger partial charge in [0, 0.05) is 0 Å². The van der Waals surface area contributed by atoms with Crippen LogP contribution < -0.4 is 21.5 Å². The molecule has 50 valence electrons. The van der Waals surface area contributed by atoms with E-state index in [1.165, 1.54) is 0 Å². The average Bonchev–Trinajstić information content (AvgIpc) is 2.36. The normalized spacial score (nSPS) is 12.8. The zero-order valence-electron chi connectivity index (χ0n) is 5.39. The fourth-order valence-corrected chi connectivity index (χ4v) is 0.968. The number of nitrogens with zero attached hydrogens (tertiary/aromatic N) is 1. The summed E-state index contributed by atoms with van der Waals surface area (Å²) in [5.41, 5.74) is 6.54. The molecule has 0 saturated carbocycles. The number of benzene rings is 1. The smallest absolute Gasteiger partial charge is 0.116 e. The molecular weight excluding hydrogens is 126 g/mol. The third kappa shape index (κ3) is 0.572. The van der Waals surface area contributed by atoms with Gasteiger partial charge in [-0.25, -0.2) is 5.53 Å². The monoisotopic (exact) mass is 133 g/mol. The second-order valence-electron chi connectivity index (χ2n) is 2.16. The Bertz CT molecular complexity index is 356. The van der Waals surface area contributed by atoms with Crippen molar-refractivity contribution >= 4 is 12.3 Å². The van der Waals surface area contributed by atoms with Crippen molar-refractivity contribution in [2.45, 2.75) is 0 Å². The molecule has 0 atom stereocenters. The van der Waals surface area contributed by atoms with Crippen LogP contribution in [0.5, 0.6) is 0 Å². The average molecular weight is 133 g/mol. The second kappa shape index (κ2) is 1.73. The zero-order valence-corrected chi connectivity index (χ0v) is 5.39. The van der Waals surface area contributed by atoms with Crippen molar-refractivity contribution in [2.24, 2.45) is 5.10 Å². The van der Waals surface area contributed by atoms with Crippen LogP contribution in [0.25, 0.3) is 6.58 Å². The molecule has 0 radical (unpaired) electrons. The summed E-state index contributed by atoms with van der Waals surface area (Å²) < 4.78 is 0. The molecule has 3 heteroatoms. The van der Waals surface area contributed by atoms with Crippen molar-refractivity contribution in [1.29, 1.82) is 0 Å². The standard InChI is InChI=1S/C7H7N3/c1-5-3-2-4-6-7(5)9-10-8-6/h2-4,8,10H,1H2.